The van der Waals surface area contributed by atoms with Gasteiger partial charge >= 0.3 is 0 Å². The molecule has 1 aromatic carbocycles. The molecule has 0 aliphatic heterocycles. The molecule has 2 N–H and O–H groups in total. The maximum atomic E-state index is 12.8. The summed E-state index contributed by atoms with van der Waals surface area (Å²) in [4.78, 5) is 23.5. The van der Waals surface area contributed by atoms with E-state index in [0.29, 0.717) is 5.02 Å². The van der Waals surface area contributed by atoms with Crippen molar-refractivity contribution in [1.82, 2.24) is 15.0 Å². The number of aromatic amines is 2. The molecule has 0 saturated heterocycles. The van der Waals surface area contributed by atoms with Gasteiger partial charge in [0.1, 0.15) is 0 Å². The van der Waals surface area contributed by atoms with E-state index < -0.39 is 0 Å². The lowest BCUT2D eigenvalue weighted by Crippen LogP contribution is -2.15. The number of hydrogen-bond donors (Lipinski definition) is 2. The lowest BCUT2D eigenvalue weighted by Gasteiger charge is -2.13. The Morgan fingerprint density at radius 3 is 2.67 bits per heavy atom. The maximum Gasteiger partial charge on any atom is 0.252 e. The standard InChI is InChI=1S/C19H16ClN3O/c1-10(2)15-16(11-4-3-7-21-9-11)18-17(23-19(15)24)13-8-12(20)5-6-14(13)22-18/h3-10,22H,1-2H3,(H,23,24). The summed E-state index contributed by atoms with van der Waals surface area (Å²) in [6.07, 6.45) is 3.52. The van der Waals surface area contributed by atoms with Gasteiger partial charge in [-0.15, -0.1) is 0 Å². The molecule has 3 heterocycles. The Morgan fingerprint density at radius 1 is 1.12 bits per heavy atom. The third-order valence-electron chi connectivity index (χ3n) is 4.29. The molecule has 0 bridgehead atoms. The number of nitrogens with zero attached hydrogens (tertiary/aromatic N) is 1. The van der Waals surface area contributed by atoms with E-state index in [4.69, 9.17) is 11.6 Å². The molecule has 0 atom stereocenters. The van der Waals surface area contributed by atoms with Crippen molar-refractivity contribution in [3.63, 3.8) is 0 Å². The van der Waals surface area contributed by atoms with Crippen molar-refractivity contribution in [2.45, 2.75) is 19.8 Å². The predicted octanol–water partition coefficient (Wildman–Crippen LogP) is 4.85. The van der Waals surface area contributed by atoms with E-state index in [-0.39, 0.29) is 11.5 Å². The lowest BCUT2D eigenvalue weighted by atomic mass is 9.93. The number of hydrogen-bond acceptors (Lipinski definition) is 2. The monoisotopic (exact) mass is 337 g/mol. The minimum absolute atomic E-state index is 0.0720. The van der Waals surface area contributed by atoms with Crippen molar-refractivity contribution >= 4 is 33.5 Å². The molecule has 4 aromatic rings. The first-order valence-corrected chi connectivity index (χ1v) is 8.21. The summed E-state index contributed by atoms with van der Waals surface area (Å²) >= 11 is 6.14. The average Bonchev–Trinajstić information content (AvgIpc) is 2.91. The van der Waals surface area contributed by atoms with Crippen LogP contribution in [0.1, 0.15) is 25.3 Å². The summed E-state index contributed by atoms with van der Waals surface area (Å²) in [5, 5.41) is 1.55. The lowest BCUT2D eigenvalue weighted by molar-refractivity contribution is 0.851. The first-order chi connectivity index (χ1) is 11.6. The summed E-state index contributed by atoms with van der Waals surface area (Å²) < 4.78 is 0. The molecule has 0 radical (unpaired) electrons. The van der Waals surface area contributed by atoms with Crippen LogP contribution >= 0.6 is 11.6 Å². The molecule has 24 heavy (non-hydrogen) atoms. The predicted molar refractivity (Wildman–Crippen MR) is 98.8 cm³/mol. The van der Waals surface area contributed by atoms with Crippen LogP contribution in [0.2, 0.25) is 5.02 Å². The van der Waals surface area contributed by atoms with E-state index >= 15 is 0 Å². The Balaban J connectivity index is 2.23. The Morgan fingerprint density at radius 2 is 1.96 bits per heavy atom. The van der Waals surface area contributed by atoms with Gasteiger partial charge in [0.2, 0.25) is 0 Å². The third kappa shape index (κ3) is 2.22. The Bertz CT molecular complexity index is 1110. The van der Waals surface area contributed by atoms with Crippen LogP contribution < -0.4 is 5.56 Å². The quantitative estimate of drug-likeness (QED) is 0.549. The number of pyridine rings is 2. The van der Waals surface area contributed by atoms with Crippen LogP contribution in [0.3, 0.4) is 0 Å². The Kier molecular flexibility index (Phi) is 3.43. The van der Waals surface area contributed by atoms with Crippen molar-refractivity contribution in [2.24, 2.45) is 0 Å². The van der Waals surface area contributed by atoms with Crippen LogP contribution in [0.5, 0.6) is 0 Å². The van der Waals surface area contributed by atoms with Crippen LogP contribution in [-0.4, -0.2) is 15.0 Å². The van der Waals surface area contributed by atoms with Crippen LogP contribution in [0.15, 0.2) is 47.5 Å². The van der Waals surface area contributed by atoms with Crippen LogP contribution in [-0.2, 0) is 0 Å². The van der Waals surface area contributed by atoms with Gasteiger partial charge in [-0.3, -0.25) is 9.78 Å². The summed E-state index contributed by atoms with van der Waals surface area (Å²) in [5.74, 6) is 0.0864. The van der Waals surface area contributed by atoms with E-state index in [0.717, 1.165) is 38.6 Å². The number of nitrogens with one attached hydrogen (secondary N) is 2. The van der Waals surface area contributed by atoms with Crippen molar-refractivity contribution in [3.8, 4) is 11.1 Å². The van der Waals surface area contributed by atoms with Gasteiger partial charge in [-0.05, 0) is 30.2 Å². The highest BCUT2D eigenvalue weighted by Gasteiger charge is 2.20. The molecule has 4 rings (SSSR count). The van der Waals surface area contributed by atoms with E-state index in [9.17, 15) is 4.79 Å². The molecule has 4 nitrogen and oxygen atoms in total. The van der Waals surface area contributed by atoms with E-state index in [1.807, 2.05) is 44.2 Å². The molecule has 0 aliphatic rings. The second-order valence-corrected chi connectivity index (χ2v) is 6.64. The first-order valence-electron chi connectivity index (χ1n) is 7.83. The maximum absolute atomic E-state index is 12.8. The fraction of sp³-hybridized carbons (Fsp3) is 0.158. The highest BCUT2D eigenvalue weighted by Crippen LogP contribution is 2.35. The number of halogens is 1. The SMILES string of the molecule is CC(C)c1c(-c2cccnc2)c2[nH]c3ccc(Cl)cc3c2[nH]c1=O. The largest absolute Gasteiger partial charge is 0.353 e. The molecular formula is C19H16ClN3O. The molecule has 0 unspecified atom stereocenters. The molecule has 120 valence electrons. The normalized spacial score (nSPS) is 11.7. The van der Waals surface area contributed by atoms with Crippen molar-refractivity contribution in [2.75, 3.05) is 0 Å². The third-order valence-corrected chi connectivity index (χ3v) is 4.53. The van der Waals surface area contributed by atoms with Gasteiger partial charge in [-0.25, -0.2) is 0 Å². The van der Waals surface area contributed by atoms with Gasteiger partial charge in [0.25, 0.3) is 5.56 Å². The van der Waals surface area contributed by atoms with Gasteiger partial charge in [0.15, 0.2) is 0 Å². The Hall–Kier alpha value is -2.59. The minimum atomic E-state index is -0.0720. The highest BCUT2D eigenvalue weighted by atomic mass is 35.5. The second-order valence-electron chi connectivity index (χ2n) is 6.20. The van der Waals surface area contributed by atoms with Gasteiger partial charge in [-0.1, -0.05) is 31.5 Å². The molecule has 0 aliphatic carbocycles. The number of benzene rings is 1. The second kappa shape index (κ2) is 5.49. The fourth-order valence-electron chi connectivity index (χ4n) is 3.27. The number of H-pyrrole nitrogens is 2. The Labute approximate surface area is 143 Å². The average molecular weight is 338 g/mol. The molecule has 0 spiro atoms. The van der Waals surface area contributed by atoms with Gasteiger partial charge in [0.05, 0.1) is 11.0 Å². The summed E-state index contributed by atoms with van der Waals surface area (Å²) in [6.45, 7) is 4.05. The summed E-state index contributed by atoms with van der Waals surface area (Å²) in [7, 11) is 0. The highest BCUT2D eigenvalue weighted by molar-refractivity contribution is 6.31. The minimum Gasteiger partial charge on any atom is -0.353 e. The van der Waals surface area contributed by atoms with Gasteiger partial charge < -0.3 is 9.97 Å². The van der Waals surface area contributed by atoms with Crippen molar-refractivity contribution in [1.29, 1.82) is 0 Å². The van der Waals surface area contributed by atoms with Crippen LogP contribution in [0, 0.1) is 0 Å². The zero-order valence-electron chi connectivity index (χ0n) is 13.4. The molecule has 0 amide bonds. The van der Waals surface area contributed by atoms with Crippen LogP contribution in [0.25, 0.3) is 33.1 Å². The van der Waals surface area contributed by atoms with E-state index in [1.165, 1.54) is 0 Å². The van der Waals surface area contributed by atoms with E-state index in [1.54, 1.807) is 12.4 Å². The fourth-order valence-corrected chi connectivity index (χ4v) is 3.44. The first kappa shape index (κ1) is 15.0. The summed E-state index contributed by atoms with van der Waals surface area (Å²) in [6, 6.07) is 9.49. The van der Waals surface area contributed by atoms with Crippen molar-refractivity contribution in [3.05, 3.63) is 63.7 Å². The zero-order chi connectivity index (χ0) is 16.8. The topological polar surface area (TPSA) is 61.5 Å². The molecule has 0 fully saturated rings. The molecule has 3 aromatic heterocycles. The molecule has 0 saturated carbocycles. The molecular weight excluding hydrogens is 322 g/mol. The number of aromatic nitrogens is 3. The summed E-state index contributed by atoms with van der Waals surface area (Å²) in [5.41, 5.74) is 5.14. The van der Waals surface area contributed by atoms with Crippen molar-refractivity contribution < 1.29 is 0 Å². The van der Waals surface area contributed by atoms with E-state index in [2.05, 4.69) is 15.0 Å². The van der Waals surface area contributed by atoms with Gasteiger partial charge in [0, 0.05) is 45.0 Å². The zero-order valence-corrected chi connectivity index (χ0v) is 14.1. The van der Waals surface area contributed by atoms with Gasteiger partial charge in [-0.2, -0.15) is 0 Å². The smallest absolute Gasteiger partial charge is 0.252 e. The molecule has 5 heteroatoms. The number of fused-ring (bicyclic) bond motifs is 3. The van der Waals surface area contributed by atoms with Crippen LogP contribution in [0.4, 0.5) is 0 Å². The number of rotatable bonds is 2.